The molecule has 1 fully saturated rings. The maximum Gasteiger partial charge on any atom is 0.123 e. The van der Waals surface area contributed by atoms with Crippen molar-refractivity contribution in [1.82, 2.24) is 15.6 Å². The smallest absolute Gasteiger partial charge is 0.123 e. The summed E-state index contributed by atoms with van der Waals surface area (Å²) in [6.45, 7) is 1.73. The third-order valence-corrected chi connectivity index (χ3v) is 4.17. The van der Waals surface area contributed by atoms with Gasteiger partial charge in [-0.05, 0) is 51.7 Å². The van der Waals surface area contributed by atoms with Gasteiger partial charge in [-0.25, -0.2) is 4.39 Å². The molecule has 5 heteroatoms. The lowest BCUT2D eigenvalue weighted by atomic mass is 10.0. The normalized spacial score (nSPS) is 22.2. The molecule has 0 aliphatic carbocycles. The zero-order valence-corrected chi connectivity index (χ0v) is 13.1. The van der Waals surface area contributed by atoms with Crippen LogP contribution in [-0.2, 0) is 6.42 Å². The van der Waals surface area contributed by atoms with Crippen molar-refractivity contribution in [2.24, 2.45) is 0 Å². The molecule has 0 saturated carbocycles. The molecule has 0 spiro atoms. The van der Waals surface area contributed by atoms with Crippen LogP contribution in [0.4, 0.5) is 4.39 Å². The van der Waals surface area contributed by atoms with Crippen molar-refractivity contribution in [3.63, 3.8) is 0 Å². The highest BCUT2D eigenvalue weighted by Crippen LogP contribution is 2.17. The highest BCUT2D eigenvalue weighted by Gasteiger charge is 2.21. The van der Waals surface area contributed by atoms with Gasteiger partial charge in [0.05, 0.1) is 0 Å². The van der Waals surface area contributed by atoms with E-state index in [9.17, 15) is 4.39 Å². The fourth-order valence-corrected chi connectivity index (χ4v) is 3.05. The Morgan fingerprint density at radius 1 is 1.14 bits per heavy atom. The van der Waals surface area contributed by atoms with Gasteiger partial charge in [0.25, 0.3) is 0 Å². The van der Waals surface area contributed by atoms with Crippen molar-refractivity contribution < 1.29 is 4.39 Å². The molecule has 0 bridgehead atoms. The molecule has 1 saturated heterocycles. The minimum atomic E-state index is -0.192. The van der Waals surface area contributed by atoms with E-state index in [4.69, 9.17) is 0 Å². The van der Waals surface area contributed by atoms with Crippen molar-refractivity contribution in [2.75, 3.05) is 13.1 Å². The van der Waals surface area contributed by atoms with Gasteiger partial charge in [0.15, 0.2) is 0 Å². The second-order valence-corrected chi connectivity index (χ2v) is 6.25. The fourth-order valence-electron chi connectivity index (χ4n) is 2.64. The zero-order chi connectivity index (χ0) is 14.7. The van der Waals surface area contributed by atoms with Crippen molar-refractivity contribution in [3.05, 3.63) is 64.1 Å². The number of benzene rings is 1. The third-order valence-electron chi connectivity index (χ3n) is 3.74. The van der Waals surface area contributed by atoms with Gasteiger partial charge in [-0.3, -0.25) is 4.98 Å². The first kappa shape index (κ1) is 14.6. The number of pyridine rings is 1. The number of rotatable bonds is 3. The monoisotopic (exact) mass is 349 g/mol. The first-order valence-electron chi connectivity index (χ1n) is 7.02. The molecule has 2 unspecified atom stereocenters. The van der Waals surface area contributed by atoms with E-state index >= 15 is 0 Å². The molecule has 1 aliphatic rings. The van der Waals surface area contributed by atoms with Gasteiger partial charge in [-0.1, -0.05) is 12.1 Å². The lowest BCUT2D eigenvalue weighted by molar-refractivity contribution is 0.349. The molecular formula is C16H17BrFN3. The van der Waals surface area contributed by atoms with Crippen LogP contribution in [0.3, 0.4) is 0 Å². The van der Waals surface area contributed by atoms with Gasteiger partial charge in [-0.2, -0.15) is 0 Å². The van der Waals surface area contributed by atoms with Gasteiger partial charge < -0.3 is 10.6 Å². The van der Waals surface area contributed by atoms with Crippen molar-refractivity contribution in [2.45, 2.75) is 18.5 Å². The Balaban J connectivity index is 1.56. The highest BCUT2D eigenvalue weighted by atomic mass is 79.9. The van der Waals surface area contributed by atoms with Crippen LogP contribution < -0.4 is 10.6 Å². The van der Waals surface area contributed by atoms with Gasteiger partial charge >= 0.3 is 0 Å². The van der Waals surface area contributed by atoms with Crippen LogP contribution in [0.2, 0.25) is 0 Å². The number of nitrogens with zero attached hydrogens (tertiary/aromatic N) is 1. The van der Waals surface area contributed by atoms with Crippen LogP contribution >= 0.6 is 15.9 Å². The van der Waals surface area contributed by atoms with Crippen LogP contribution in [0.15, 0.2) is 47.2 Å². The summed E-state index contributed by atoms with van der Waals surface area (Å²) in [6, 6.07) is 9.42. The van der Waals surface area contributed by atoms with Crippen LogP contribution in [0.25, 0.3) is 0 Å². The summed E-state index contributed by atoms with van der Waals surface area (Å²) < 4.78 is 14.0. The van der Waals surface area contributed by atoms with E-state index in [1.54, 1.807) is 6.20 Å². The van der Waals surface area contributed by atoms with Crippen molar-refractivity contribution >= 4 is 15.9 Å². The number of nitrogens with one attached hydrogen (secondary N) is 2. The van der Waals surface area contributed by atoms with Crippen LogP contribution in [0.1, 0.15) is 17.2 Å². The van der Waals surface area contributed by atoms with Crippen LogP contribution in [-0.4, -0.2) is 24.1 Å². The third kappa shape index (κ3) is 3.87. The number of piperazine rings is 1. The summed E-state index contributed by atoms with van der Waals surface area (Å²) in [6.07, 6.45) is 4.63. The zero-order valence-electron chi connectivity index (χ0n) is 11.5. The summed E-state index contributed by atoms with van der Waals surface area (Å²) >= 11 is 3.44. The van der Waals surface area contributed by atoms with Gasteiger partial charge in [-0.15, -0.1) is 0 Å². The molecule has 3 nitrogen and oxygen atoms in total. The molecule has 0 amide bonds. The first-order chi connectivity index (χ1) is 10.2. The summed E-state index contributed by atoms with van der Waals surface area (Å²) in [4.78, 5) is 4.19. The number of halogens is 2. The SMILES string of the molecule is Fc1ccc(C2CNC(Cc3cncc(Br)c3)CN2)cc1. The number of aromatic nitrogens is 1. The Kier molecular flexibility index (Phi) is 4.63. The average molecular weight is 350 g/mol. The molecule has 110 valence electrons. The lowest BCUT2D eigenvalue weighted by Gasteiger charge is -2.31. The molecule has 1 aromatic carbocycles. The molecule has 1 aromatic heterocycles. The Bertz CT molecular complexity index is 595. The molecule has 21 heavy (non-hydrogen) atoms. The summed E-state index contributed by atoms with van der Waals surface area (Å²) in [7, 11) is 0. The minimum absolute atomic E-state index is 0.192. The van der Waals surface area contributed by atoms with Crippen molar-refractivity contribution in [1.29, 1.82) is 0 Å². The Hall–Kier alpha value is -1.30. The summed E-state index contributed by atoms with van der Waals surface area (Å²) in [5.74, 6) is -0.192. The second-order valence-electron chi connectivity index (χ2n) is 5.33. The largest absolute Gasteiger partial charge is 0.310 e. The van der Waals surface area contributed by atoms with Gasteiger partial charge in [0.1, 0.15) is 5.82 Å². The van der Waals surface area contributed by atoms with Crippen LogP contribution in [0, 0.1) is 5.82 Å². The molecule has 2 aromatic rings. The minimum Gasteiger partial charge on any atom is -0.310 e. The molecule has 1 aliphatic heterocycles. The van der Waals surface area contributed by atoms with E-state index in [1.165, 1.54) is 17.7 Å². The number of hydrogen-bond donors (Lipinski definition) is 2. The quantitative estimate of drug-likeness (QED) is 0.894. The van der Waals surface area contributed by atoms with E-state index in [0.29, 0.717) is 6.04 Å². The predicted octanol–water partition coefficient (Wildman–Crippen LogP) is 2.83. The summed E-state index contributed by atoms with van der Waals surface area (Å²) in [5.41, 5.74) is 2.33. The average Bonchev–Trinajstić information content (AvgIpc) is 2.49. The van der Waals surface area contributed by atoms with E-state index < -0.39 is 0 Å². The molecule has 3 rings (SSSR count). The maximum atomic E-state index is 12.9. The van der Waals surface area contributed by atoms with Crippen molar-refractivity contribution in [3.8, 4) is 0 Å². The molecule has 0 radical (unpaired) electrons. The van der Waals surface area contributed by atoms with E-state index in [1.807, 2.05) is 18.3 Å². The molecule has 2 N–H and O–H groups in total. The topological polar surface area (TPSA) is 37.0 Å². The summed E-state index contributed by atoms with van der Waals surface area (Å²) in [5, 5.41) is 7.07. The number of hydrogen-bond acceptors (Lipinski definition) is 3. The first-order valence-corrected chi connectivity index (χ1v) is 7.81. The lowest BCUT2D eigenvalue weighted by Crippen LogP contribution is -2.50. The highest BCUT2D eigenvalue weighted by molar-refractivity contribution is 9.10. The maximum absolute atomic E-state index is 12.9. The fraction of sp³-hybridized carbons (Fsp3) is 0.312. The Morgan fingerprint density at radius 3 is 2.62 bits per heavy atom. The van der Waals surface area contributed by atoms with E-state index in [0.717, 1.165) is 29.5 Å². The van der Waals surface area contributed by atoms with Gasteiger partial charge in [0.2, 0.25) is 0 Å². The van der Waals surface area contributed by atoms with E-state index in [-0.39, 0.29) is 11.9 Å². The van der Waals surface area contributed by atoms with Gasteiger partial charge in [0, 0.05) is 42.0 Å². The Morgan fingerprint density at radius 2 is 1.95 bits per heavy atom. The predicted molar refractivity (Wildman–Crippen MR) is 84.6 cm³/mol. The van der Waals surface area contributed by atoms with E-state index in [2.05, 4.69) is 37.6 Å². The second kappa shape index (κ2) is 6.64. The molecule has 2 heterocycles. The Labute approximate surface area is 132 Å². The molecular weight excluding hydrogens is 333 g/mol. The molecule has 2 atom stereocenters. The standard InChI is InChI=1S/C16H17BrFN3/c17-13-5-11(7-19-8-13)6-15-9-21-16(10-20-15)12-1-3-14(18)4-2-12/h1-5,7-8,15-16,20-21H,6,9-10H2. The van der Waals surface area contributed by atoms with Crippen LogP contribution in [0.5, 0.6) is 0 Å².